The van der Waals surface area contributed by atoms with Gasteiger partial charge >= 0.3 is 5.97 Å². The van der Waals surface area contributed by atoms with Gasteiger partial charge in [0.25, 0.3) is 0 Å². The minimum Gasteiger partial charge on any atom is -0.481 e. The standard InChI is InChI=1S/C10H17NO3/c1-2-9(5-14-6-9)10(8(12)13)3-7(11)4-10/h7H,2-6,11H2,1H3,(H,12,13). The van der Waals surface area contributed by atoms with Crippen LogP contribution in [0.2, 0.25) is 0 Å². The summed E-state index contributed by atoms with van der Waals surface area (Å²) >= 11 is 0. The number of carbonyl (C=O) groups is 1. The second-order valence-electron chi connectivity index (χ2n) is 4.68. The molecule has 1 aliphatic carbocycles. The van der Waals surface area contributed by atoms with Crippen molar-refractivity contribution >= 4 is 5.97 Å². The van der Waals surface area contributed by atoms with Gasteiger partial charge in [-0.05, 0) is 19.3 Å². The number of carboxylic acids is 1. The Labute approximate surface area is 83.4 Å². The average Bonchev–Trinajstić information content (AvgIpc) is 1.98. The fourth-order valence-electron chi connectivity index (χ4n) is 2.84. The van der Waals surface area contributed by atoms with Gasteiger partial charge in [0.2, 0.25) is 0 Å². The molecule has 80 valence electrons. The summed E-state index contributed by atoms with van der Waals surface area (Å²) in [5, 5.41) is 9.32. The smallest absolute Gasteiger partial charge is 0.310 e. The highest BCUT2D eigenvalue weighted by Gasteiger charge is 2.64. The van der Waals surface area contributed by atoms with E-state index in [-0.39, 0.29) is 11.5 Å². The summed E-state index contributed by atoms with van der Waals surface area (Å²) in [5.74, 6) is -0.690. The lowest BCUT2D eigenvalue weighted by molar-refractivity contribution is -0.227. The molecule has 0 bridgehead atoms. The van der Waals surface area contributed by atoms with Crippen molar-refractivity contribution in [1.82, 2.24) is 0 Å². The van der Waals surface area contributed by atoms with Crippen LogP contribution >= 0.6 is 0 Å². The van der Waals surface area contributed by atoms with Crippen LogP contribution in [0.1, 0.15) is 26.2 Å². The molecule has 0 amide bonds. The van der Waals surface area contributed by atoms with Gasteiger partial charge in [-0.2, -0.15) is 0 Å². The van der Waals surface area contributed by atoms with Crippen molar-refractivity contribution in [2.75, 3.05) is 13.2 Å². The van der Waals surface area contributed by atoms with E-state index in [0.29, 0.717) is 26.1 Å². The van der Waals surface area contributed by atoms with Gasteiger partial charge in [0, 0.05) is 11.5 Å². The van der Waals surface area contributed by atoms with Crippen LogP contribution in [0.4, 0.5) is 0 Å². The van der Waals surface area contributed by atoms with E-state index in [1.54, 1.807) is 0 Å². The minimum absolute atomic E-state index is 0.0649. The van der Waals surface area contributed by atoms with E-state index in [9.17, 15) is 9.90 Å². The maximum Gasteiger partial charge on any atom is 0.310 e. The zero-order valence-corrected chi connectivity index (χ0v) is 8.45. The minimum atomic E-state index is -0.690. The van der Waals surface area contributed by atoms with Gasteiger partial charge in [-0.1, -0.05) is 6.92 Å². The van der Waals surface area contributed by atoms with Gasteiger partial charge in [-0.3, -0.25) is 4.79 Å². The molecule has 0 aromatic carbocycles. The lowest BCUT2D eigenvalue weighted by Crippen LogP contribution is -2.66. The van der Waals surface area contributed by atoms with Crippen molar-refractivity contribution < 1.29 is 14.6 Å². The molecule has 0 aromatic heterocycles. The Morgan fingerprint density at radius 1 is 1.57 bits per heavy atom. The molecule has 1 heterocycles. The maximum absolute atomic E-state index is 11.3. The summed E-state index contributed by atoms with van der Waals surface area (Å²) in [5.41, 5.74) is 4.98. The maximum atomic E-state index is 11.3. The van der Waals surface area contributed by atoms with Gasteiger partial charge in [0.1, 0.15) is 0 Å². The van der Waals surface area contributed by atoms with E-state index < -0.39 is 11.4 Å². The lowest BCUT2D eigenvalue weighted by atomic mass is 9.49. The Hall–Kier alpha value is -0.610. The third-order valence-corrected chi connectivity index (χ3v) is 4.08. The van der Waals surface area contributed by atoms with Gasteiger partial charge in [0.05, 0.1) is 18.6 Å². The predicted octanol–water partition coefficient (Wildman–Crippen LogP) is 0.605. The van der Waals surface area contributed by atoms with Gasteiger partial charge in [0.15, 0.2) is 0 Å². The topological polar surface area (TPSA) is 72.5 Å². The van der Waals surface area contributed by atoms with Crippen LogP contribution in [-0.4, -0.2) is 30.3 Å². The zero-order valence-electron chi connectivity index (χ0n) is 8.45. The number of ether oxygens (including phenoxy) is 1. The third-order valence-electron chi connectivity index (χ3n) is 4.08. The van der Waals surface area contributed by atoms with Crippen LogP contribution in [0.15, 0.2) is 0 Å². The van der Waals surface area contributed by atoms with Crippen LogP contribution in [-0.2, 0) is 9.53 Å². The van der Waals surface area contributed by atoms with E-state index in [4.69, 9.17) is 10.5 Å². The van der Waals surface area contributed by atoms with Crippen LogP contribution in [0.3, 0.4) is 0 Å². The summed E-state index contributed by atoms with van der Waals surface area (Å²) < 4.78 is 5.19. The number of rotatable bonds is 3. The van der Waals surface area contributed by atoms with Gasteiger partial charge < -0.3 is 15.6 Å². The monoisotopic (exact) mass is 199 g/mol. The van der Waals surface area contributed by atoms with Gasteiger partial charge in [-0.25, -0.2) is 0 Å². The molecule has 1 aliphatic heterocycles. The highest BCUT2D eigenvalue weighted by molar-refractivity contribution is 5.77. The Morgan fingerprint density at radius 3 is 2.36 bits per heavy atom. The molecule has 0 unspecified atom stereocenters. The molecule has 3 N–H and O–H groups in total. The Balaban J connectivity index is 2.23. The van der Waals surface area contributed by atoms with E-state index in [0.717, 1.165) is 6.42 Å². The number of aliphatic carboxylic acids is 1. The van der Waals surface area contributed by atoms with Crippen LogP contribution in [0.5, 0.6) is 0 Å². The SMILES string of the molecule is CCC1(C2(C(=O)O)CC(N)C2)COC1. The second-order valence-corrected chi connectivity index (χ2v) is 4.68. The summed E-state index contributed by atoms with van der Waals surface area (Å²) in [6.45, 7) is 3.21. The fourth-order valence-corrected chi connectivity index (χ4v) is 2.84. The number of hydrogen-bond acceptors (Lipinski definition) is 3. The highest BCUT2D eigenvalue weighted by atomic mass is 16.5. The molecule has 1 saturated carbocycles. The first kappa shape index (κ1) is 9.93. The number of carboxylic acid groups (broad SMARTS) is 1. The van der Waals surface area contributed by atoms with Crippen LogP contribution < -0.4 is 5.73 Å². The summed E-state index contributed by atoms with van der Waals surface area (Å²) in [4.78, 5) is 11.3. The zero-order chi connectivity index (χ0) is 10.4. The third kappa shape index (κ3) is 0.982. The van der Waals surface area contributed by atoms with Crippen LogP contribution in [0, 0.1) is 10.8 Å². The molecule has 0 radical (unpaired) electrons. The fraction of sp³-hybridized carbons (Fsp3) is 0.900. The molecule has 14 heavy (non-hydrogen) atoms. The largest absolute Gasteiger partial charge is 0.481 e. The molecule has 2 rings (SSSR count). The Bertz CT molecular complexity index is 249. The van der Waals surface area contributed by atoms with Gasteiger partial charge in [-0.15, -0.1) is 0 Å². The molecule has 4 nitrogen and oxygen atoms in total. The molecule has 0 aromatic rings. The molecule has 2 aliphatic rings. The van der Waals surface area contributed by atoms with Crippen molar-refractivity contribution in [3.8, 4) is 0 Å². The summed E-state index contributed by atoms with van der Waals surface area (Å²) in [6.07, 6.45) is 2.09. The average molecular weight is 199 g/mol. The second kappa shape index (κ2) is 2.94. The molecule has 2 fully saturated rings. The van der Waals surface area contributed by atoms with E-state index in [2.05, 4.69) is 0 Å². The quantitative estimate of drug-likeness (QED) is 0.698. The lowest BCUT2D eigenvalue weighted by Gasteiger charge is -2.59. The first-order chi connectivity index (χ1) is 6.56. The first-order valence-electron chi connectivity index (χ1n) is 5.13. The van der Waals surface area contributed by atoms with Crippen molar-refractivity contribution in [3.63, 3.8) is 0 Å². The number of hydrogen-bond donors (Lipinski definition) is 2. The molecule has 0 atom stereocenters. The normalized spacial score (nSPS) is 39.7. The van der Waals surface area contributed by atoms with E-state index >= 15 is 0 Å². The Morgan fingerprint density at radius 2 is 2.14 bits per heavy atom. The van der Waals surface area contributed by atoms with E-state index in [1.165, 1.54) is 0 Å². The van der Waals surface area contributed by atoms with Crippen molar-refractivity contribution in [2.45, 2.75) is 32.2 Å². The molecular formula is C10H17NO3. The molecular weight excluding hydrogens is 182 g/mol. The van der Waals surface area contributed by atoms with Crippen molar-refractivity contribution in [2.24, 2.45) is 16.6 Å². The van der Waals surface area contributed by atoms with Crippen LogP contribution in [0.25, 0.3) is 0 Å². The molecule has 0 spiro atoms. The van der Waals surface area contributed by atoms with Crippen molar-refractivity contribution in [3.05, 3.63) is 0 Å². The molecule has 4 heteroatoms. The predicted molar refractivity (Wildman–Crippen MR) is 50.8 cm³/mol. The summed E-state index contributed by atoms with van der Waals surface area (Å²) in [7, 11) is 0. The van der Waals surface area contributed by atoms with E-state index in [1.807, 2.05) is 6.92 Å². The number of nitrogens with two attached hydrogens (primary N) is 1. The highest BCUT2D eigenvalue weighted by Crippen LogP contribution is 2.58. The summed E-state index contributed by atoms with van der Waals surface area (Å²) in [6, 6.07) is 0.0649. The molecule has 1 saturated heterocycles. The van der Waals surface area contributed by atoms with Crippen molar-refractivity contribution in [1.29, 1.82) is 0 Å². The first-order valence-corrected chi connectivity index (χ1v) is 5.13. The Kier molecular flexibility index (Phi) is 2.08.